The summed E-state index contributed by atoms with van der Waals surface area (Å²) in [5, 5.41) is 4.08. The molecule has 0 radical (unpaired) electrons. The van der Waals surface area contributed by atoms with Crippen molar-refractivity contribution in [1.82, 2.24) is 20.0 Å². The average molecular weight is 418 g/mol. The summed E-state index contributed by atoms with van der Waals surface area (Å²) in [7, 11) is 0. The van der Waals surface area contributed by atoms with E-state index in [0.717, 1.165) is 69.1 Å². The Labute approximate surface area is 182 Å². The normalized spacial score (nSPS) is 16.5. The molecule has 0 unspecified atom stereocenters. The summed E-state index contributed by atoms with van der Waals surface area (Å²) < 4.78 is 5.34. The van der Waals surface area contributed by atoms with Gasteiger partial charge in [0.05, 0.1) is 0 Å². The van der Waals surface area contributed by atoms with Crippen LogP contribution in [0.1, 0.15) is 43.1 Å². The molecule has 1 aliphatic heterocycles. The van der Waals surface area contributed by atoms with Gasteiger partial charge in [-0.25, -0.2) is 4.98 Å². The third-order valence-electron chi connectivity index (χ3n) is 6.03. The van der Waals surface area contributed by atoms with Gasteiger partial charge in [-0.15, -0.1) is 0 Å². The molecule has 3 aromatic rings. The molecule has 2 aromatic heterocycles. The van der Waals surface area contributed by atoms with Crippen molar-refractivity contribution in [3.05, 3.63) is 60.1 Å². The maximum atomic E-state index is 12.6. The molecule has 1 aromatic carbocycles. The van der Waals surface area contributed by atoms with Gasteiger partial charge in [0.1, 0.15) is 5.82 Å². The number of benzene rings is 1. The van der Waals surface area contributed by atoms with Crippen molar-refractivity contribution in [3.63, 3.8) is 0 Å². The fourth-order valence-corrected chi connectivity index (χ4v) is 3.99. The van der Waals surface area contributed by atoms with E-state index in [-0.39, 0.29) is 5.91 Å². The first kappa shape index (κ1) is 19.7. The van der Waals surface area contributed by atoms with Crippen LogP contribution in [0.2, 0.25) is 0 Å². The number of pyridine rings is 1. The Hall–Kier alpha value is -3.22. The van der Waals surface area contributed by atoms with Crippen LogP contribution in [0.3, 0.4) is 0 Å². The monoisotopic (exact) mass is 417 g/mol. The summed E-state index contributed by atoms with van der Waals surface area (Å²) in [6.07, 6.45) is 6.53. The topological polar surface area (TPSA) is 75.4 Å². The number of anilines is 1. The number of aryl methyl sites for hydroxylation is 1. The lowest BCUT2D eigenvalue weighted by Crippen LogP contribution is -2.49. The molecule has 0 N–H and O–H groups in total. The van der Waals surface area contributed by atoms with Crippen LogP contribution < -0.4 is 4.90 Å². The van der Waals surface area contributed by atoms with E-state index in [1.54, 1.807) is 6.20 Å². The standard InChI is InChI=1S/C24H27N5O2/c30-22(8-4-7-18-5-2-1-3-6-18)29-15-13-28(14-16-29)21-12-11-20(17-25-21)23-26-24(31-27-23)19-9-10-19/h1-3,5-6,11-12,17,19H,4,7-10,13-16H2. The van der Waals surface area contributed by atoms with E-state index in [2.05, 4.69) is 32.2 Å². The van der Waals surface area contributed by atoms with Gasteiger partial charge in [0.15, 0.2) is 0 Å². The molecule has 7 heteroatoms. The van der Waals surface area contributed by atoms with Crippen LogP contribution in [0.4, 0.5) is 5.82 Å². The third kappa shape index (κ3) is 4.76. The van der Waals surface area contributed by atoms with Crippen molar-refractivity contribution in [1.29, 1.82) is 0 Å². The Bertz CT molecular complexity index is 1010. The molecule has 5 rings (SSSR count). The second-order valence-electron chi connectivity index (χ2n) is 8.34. The molecule has 7 nitrogen and oxygen atoms in total. The van der Waals surface area contributed by atoms with Crippen LogP contribution in [-0.4, -0.2) is 52.1 Å². The Morgan fingerprint density at radius 3 is 2.55 bits per heavy atom. The quantitative estimate of drug-likeness (QED) is 0.584. The van der Waals surface area contributed by atoms with E-state index < -0.39 is 0 Å². The highest BCUT2D eigenvalue weighted by Crippen LogP contribution is 2.39. The van der Waals surface area contributed by atoms with Gasteiger partial charge < -0.3 is 14.3 Å². The van der Waals surface area contributed by atoms with E-state index in [1.807, 2.05) is 35.2 Å². The van der Waals surface area contributed by atoms with Gasteiger partial charge in [0, 0.05) is 50.3 Å². The second-order valence-corrected chi connectivity index (χ2v) is 8.34. The van der Waals surface area contributed by atoms with Crippen molar-refractivity contribution in [2.75, 3.05) is 31.1 Å². The van der Waals surface area contributed by atoms with Gasteiger partial charge in [-0.3, -0.25) is 4.79 Å². The summed E-state index contributed by atoms with van der Waals surface area (Å²) in [5.74, 6) is 2.97. The molecule has 1 amide bonds. The molecular weight excluding hydrogens is 390 g/mol. The van der Waals surface area contributed by atoms with E-state index >= 15 is 0 Å². The summed E-state index contributed by atoms with van der Waals surface area (Å²) in [6.45, 7) is 3.07. The van der Waals surface area contributed by atoms with E-state index in [1.165, 1.54) is 5.56 Å². The first-order valence-electron chi connectivity index (χ1n) is 11.1. The minimum atomic E-state index is 0.252. The number of amides is 1. The van der Waals surface area contributed by atoms with Crippen LogP contribution in [0.5, 0.6) is 0 Å². The number of piperazine rings is 1. The Kier molecular flexibility index (Phi) is 5.65. The SMILES string of the molecule is O=C(CCCc1ccccc1)N1CCN(c2ccc(-c3noc(C4CC4)n3)cn2)CC1. The summed E-state index contributed by atoms with van der Waals surface area (Å²) in [6, 6.07) is 14.3. The minimum absolute atomic E-state index is 0.252. The number of rotatable bonds is 7. The molecule has 1 saturated heterocycles. The smallest absolute Gasteiger partial charge is 0.230 e. The van der Waals surface area contributed by atoms with Crippen molar-refractivity contribution in [2.24, 2.45) is 0 Å². The van der Waals surface area contributed by atoms with Gasteiger partial charge in [-0.1, -0.05) is 35.5 Å². The largest absolute Gasteiger partial charge is 0.353 e. The van der Waals surface area contributed by atoms with Crippen molar-refractivity contribution in [3.8, 4) is 11.4 Å². The number of hydrogen-bond donors (Lipinski definition) is 0. The highest BCUT2D eigenvalue weighted by atomic mass is 16.5. The highest BCUT2D eigenvalue weighted by Gasteiger charge is 2.30. The predicted molar refractivity (Wildman–Crippen MR) is 118 cm³/mol. The molecule has 2 aliphatic rings. The lowest BCUT2D eigenvalue weighted by atomic mass is 10.1. The average Bonchev–Trinajstić information content (AvgIpc) is 3.56. The zero-order valence-electron chi connectivity index (χ0n) is 17.6. The van der Waals surface area contributed by atoms with Crippen LogP contribution >= 0.6 is 0 Å². The number of carbonyl (C=O) groups excluding carboxylic acids is 1. The number of aromatic nitrogens is 3. The van der Waals surface area contributed by atoms with Crippen molar-refractivity contribution < 1.29 is 9.32 Å². The zero-order valence-corrected chi connectivity index (χ0v) is 17.6. The highest BCUT2D eigenvalue weighted by molar-refractivity contribution is 5.76. The van der Waals surface area contributed by atoms with Crippen molar-refractivity contribution >= 4 is 11.7 Å². The molecule has 160 valence electrons. The Morgan fingerprint density at radius 2 is 1.84 bits per heavy atom. The van der Waals surface area contributed by atoms with Crippen LogP contribution in [0, 0.1) is 0 Å². The molecule has 0 spiro atoms. The van der Waals surface area contributed by atoms with Gasteiger partial charge in [0.25, 0.3) is 0 Å². The fourth-order valence-electron chi connectivity index (χ4n) is 3.99. The summed E-state index contributed by atoms with van der Waals surface area (Å²) >= 11 is 0. The number of carbonyl (C=O) groups is 1. The van der Waals surface area contributed by atoms with E-state index in [9.17, 15) is 4.79 Å². The third-order valence-corrected chi connectivity index (χ3v) is 6.03. The molecule has 0 bridgehead atoms. The van der Waals surface area contributed by atoms with E-state index in [4.69, 9.17) is 4.52 Å². The van der Waals surface area contributed by atoms with Crippen LogP contribution in [-0.2, 0) is 11.2 Å². The Morgan fingerprint density at radius 1 is 1.03 bits per heavy atom. The first-order chi connectivity index (χ1) is 15.3. The first-order valence-corrected chi connectivity index (χ1v) is 11.1. The predicted octanol–water partition coefficient (Wildman–Crippen LogP) is 3.68. The molecule has 2 fully saturated rings. The van der Waals surface area contributed by atoms with Crippen LogP contribution in [0.15, 0.2) is 53.2 Å². The van der Waals surface area contributed by atoms with E-state index in [0.29, 0.717) is 18.2 Å². The maximum absolute atomic E-state index is 12.6. The molecule has 3 heterocycles. The molecule has 0 atom stereocenters. The van der Waals surface area contributed by atoms with Crippen molar-refractivity contribution in [2.45, 2.75) is 38.0 Å². The molecule has 1 saturated carbocycles. The minimum Gasteiger partial charge on any atom is -0.353 e. The van der Waals surface area contributed by atoms with Gasteiger partial charge in [-0.05, 0) is 43.4 Å². The van der Waals surface area contributed by atoms with Crippen LogP contribution in [0.25, 0.3) is 11.4 Å². The maximum Gasteiger partial charge on any atom is 0.230 e. The molecule has 1 aliphatic carbocycles. The van der Waals surface area contributed by atoms with Gasteiger partial charge in [-0.2, -0.15) is 4.98 Å². The molecule has 31 heavy (non-hydrogen) atoms. The number of nitrogens with zero attached hydrogens (tertiary/aromatic N) is 5. The summed E-state index contributed by atoms with van der Waals surface area (Å²) in [5.41, 5.74) is 2.16. The van der Waals surface area contributed by atoms with Gasteiger partial charge in [0.2, 0.25) is 17.6 Å². The Balaban J connectivity index is 1.10. The summed E-state index contributed by atoms with van der Waals surface area (Å²) in [4.78, 5) is 25.8. The number of hydrogen-bond acceptors (Lipinski definition) is 6. The zero-order chi connectivity index (χ0) is 21.0. The van der Waals surface area contributed by atoms with Gasteiger partial charge >= 0.3 is 0 Å². The lowest BCUT2D eigenvalue weighted by molar-refractivity contribution is -0.131. The second kappa shape index (κ2) is 8.88. The lowest BCUT2D eigenvalue weighted by Gasteiger charge is -2.35. The fraction of sp³-hybridized carbons (Fsp3) is 0.417. The molecular formula is C24H27N5O2.